The number of halogens is 1. The van der Waals surface area contributed by atoms with E-state index >= 15 is 0 Å². The molecular formula is C16H16FN3O. The van der Waals surface area contributed by atoms with Crippen molar-refractivity contribution in [2.24, 2.45) is 0 Å². The van der Waals surface area contributed by atoms with Gasteiger partial charge in [0.2, 0.25) is 5.91 Å². The molecule has 108 valence electrons. The lowest BCUT2D eigenvalue weighted by atomic mass is 9.90. The van der Waals surface area contributed by atoms with E-state index < -0.39 is 0 Å². The molecule has 0 saturated heterocycles. The van der Waals surface area contributed by atoms with Gasteiger partial charge in [0, 0.05) is 25.3 Å². The number of carbonyl (C=O) groups excluding carboxylic acids is 1. The third-order valence-electron chi connectivity index (χ3n) is 4.33. The van der Waals surface area contributed by atoms with Crippen LogP contribution in [0.4, 0.5) is 10.2 Å². The zero-order valence-corrected chi connectivity index (χ0v) is 11.6. The van der Waals surface area contributed by atoms with Crippen LogP contribution in [0.15, 0.2) is 24.3 Å². The van der Waals surface area contributed by atoms with E-state index in [0.29, 0.717) is 6.42 Å². The number of imidazole rings is 1. The molecule has 0 bridgehead atoms. The van der Waals surface area contributed by atoms with Gasteiger partial charge in [-0.15, -0.1) is 0 Å². The molecule has 1 N–H and O–H groups in total. The standard InChI is InChI=1S/C16H16FN3O/c17-11-5-3-4-10(8-11)12-9-14(21)19-16-15(12)18-13-6-1-2-7-20(13)16/h3-5,8,12H,1-2,6-7,9H2,(H,19,21)/t12-/m1/s1. The number of carbonyl (C=O) groups is 1. The van der Waals surface area contributed by atoms with Crippen LogP contribution in [0.25, 0.3) is 0 Å². The van der Waals surface area contributed by atoms with Gasteiger partial charge in [-0.05, 0) is 30.5 Å². The third-order valence-corrected chi connectivity index (χ3v) is 4.33. The maximum Gasteiger partial charge on any atom is 0.226 e. The molecule has 2 aliphatic rings. The number of benzene rings is 1. The molecule has 2 aliphatic heterocycles. The van der Waals surface area contributed by atoms with E-state index in [1.54, 1.807) is 6.07 Å². The number of amides is 1. The topological polar surface area (TPSA) is 46.9 Å². The fourth-order valence-corrected chi connectivity index (χ4v) is 3.34. The number of nitrogens with one attached hydrogen (secondary N) is 1. The summed E-state index contributed by atoms with van der Waals surface area (Å²) < 4.78 is 15.6. The van der Waals surface area contributed by atoms with Gasteiger partial charge in [-0.1, -0.05) is 12.1 Å². The molecule has 1 atom stereocenters. The van der Waals surface area contributed by atoms with Crippen LogP contribution in [0.1, 0.15) is 42.3 Å². The number of rotatable bonds is 1. The minimum atomic E-state index is -0.274. The molecule has 4 rings (SSSR count). The van der Waals surface area contributed by atoms with Gasteiger partial charge in [0.25, 0.3) is 0 Å². The maximum atomic E-state index is 13.5. The molecule has 0 spiro atoms. The number of aryl methyl sites for hydroxylation is 1. The van der Waals surface area contributed by atoms with Crippen LogP contribution in [-0.4, -0.2) is 15.5 Å². The highest BCUT2D eigenvalue weighted by Gasteiger charge is 2.33. The lowest BCUT2D eigenvalue weighted by Crippen LogP contribution is -2.25. The number of fused-ring (bicyclic) bond motifs is 3. The Balaban J connectivity index is 1.84. The first kappa shape index (κ1) is 12.6. The van der Waals surface area contributed by atoms with Crippen molar-refractivity contribution in [3.05, 3.63) is 47.2 Å². The molecule has 1 amide bonds. The average molecular weight is 285 g/mol. The Bertz CT molecular complexity index is 722. The molecular weight excluding hydrogens is 269 g/mol. The predicted molar refractivity (Wildman–Crippen MR) is 76.7 cm³/mol. The first-order chi connectivity index (χ1) is 10.2. The van der Waals surface area contributed by atoms with E-state index in [1.165, 1.54) is 12.1 Å². The van der Waals surface area contributed by atoms with Gasteiger partial charge in [0.05, 0.1) is 5.69 Å². The number of hydrogen-bond donors (Lipinski definition) is 1. The van der Waals surface area contributed by atoms with Crippen molar-refractivity contribution in [3.8, 4) is 0 Å². The minimum absolute atomic E-state index is 0.0231. The summed E-state index contributed by atoms with van der Waals surface area (Å²) in [4.78, 5) is 16.8. The van der Waals surface area contributed by atoms with Crippen molar-refractivity contribution in [1.29, 1.82) is 0 Å². The summed E-state index contributed by atoms with van der Waals surface area (Å²) in [5, 5.41) is 2.95. The number of hydrogen-bond acceptors (Lipinski definition) is 2. The molecule has 0 radical (unpaired) electrons. The van der Waals surface area contributed by atoms with Crippen LogP contribution in [-0.2, 0) is 17.8 Å². The highest BCUT2D eigenvalue weighted by molar-refractivity contribution is 5.94. The minimum Gasteiger partial charge on any atom is -0.314 e. The van der Waals surface area contributed by atoms with Gasteiger partial charge in [-0.2, -0.15) is 0 Å². The van der Waals surface area contributed by atoms with Gasteiger partial charge in [0.15, 0.2) is 0 Å². The Morgan fingerprint density at radius 3 is 3.10 bits per heavy atom. The Kier molecular flexibility index (Phi) is 2.80. The quantitative estimate of drug-likeness (QED) is 0.875. The van der Waals surface area contributed by atoms with Crippen molar-refractivity contribution in [2.45, 2.75) is 38.1 Å². The van der Waals surface area contributed by atoms with E-state index in [1.807, 2.05) is 6.07 Å². The van der Waals surface area contributed by atoms with Crippen LogP contribution >= 0.6 is 0 Å². The summed E-state index contributed by atoms with van der Waals surface area (Å²) in [5.41, 5.74) is 1.71. The fraction of sp³-hybridized carbons (Fsp3) is 0.375. The summed E-state index contributed by atoms with van der Waals surface area (Å²) in [5.74, 6) is 1.40. The largest absolute Gasteiger partial charge is 0.314 e. The summed E-state index contributed by atoms with van der Waals surface area (Å²) in [7, 11) is 0. The van der Waals surface area contributed by atoms with E-state index in [4.69, 9.17) is 4.98 Å². The molecule has 1 aromatic heterocycles. The molecule has 0 saturated carbocycles. The van der Waals surface area contributed by atoms with E-state index in [9.17, 15) is 9.18 Å². The Morgan fingerprint density at radius 2 is 2.24 bits per heavy atom. The highest BCUT2D eigenvalue weighted by atomic mass is 19.1. The fourth-order valence-electron chi connectivity index (χ4n) is 3.34. The molecule has 4 nitrogen and oxygen atoms in total. The van der Waals surface area contributed by atoms with E-state index in [0.717, 1.165) is 48.7 Å². The molecule has 1 aromatic carbocycles. The van der Waals surface area contributed by atoms with Crippen molar-refractivity contribution >= 4 is 11.7 Å². The average Bonchev–Trinajstić information content (AvgIpc) is 2.85. The van der Waals surface area contributed by atoms with E-state index in [2.05, 4.69) is 9.88 Å². The van der Waals surface area contributed by atoms with Crippen LogP contribution in [0.3, 0.4) is 0 Å². The van der Waals surface area contributed by atoms with Gasteiger partial charge in [-0.3, -0.25) is 4.79 Å². The summed E-state index contributed by atoms with van der Waals surface area (Å²) in [6.45, 7) is 0.897. The van der Waals surface area contributed by atoms with Crippen molar-refractivity contribution in [1.82, 2.24) is 9.55 Å². The summed E-state index contributed by atoms with van der Waals surface area (Å²) in [6, 6.07) is 6.48. The van der Waals surface area contributed by atoms with Gasteiger partial charge in [0.1, 0.15) is 17.5 Å². The molecule has 0 unspecified atom stereocenters. The highest BCUT2D eigenvalue weighted by Crippen LogP contribution is 2.38. The SMILES string of the molecule is O=C1C[C@H](c2cccc(F)c2)c2nc3n(c2N1)CCCC3. The molecule has 2 aromatic rings. The maximum absolute atomic E-state index is 13.5. The zero-order valence-electron chi connectivity index (χ0n) is 11.6. The second-order valence-corrected chi connectivity index (χ2v) is 5.73. The monoisotopic (exact) mass is 285 g/mol. The Morgan fingerprint density at radius 1 is 1.33 bits per heavy atom. The first-order valence-corrected chi connectivity index (χ1v) is 7.37. The van der Waals surface area contributed by atoms with Crippen LogP contribution < -0.4 is 5.32 Å². The zero-order chi connectivity index (χ0) is 14.4. The van der Waals surface area contributed by atoms with Gasteiger partial charge in [-0.25, -0.2) is 9.37 Å². The van der Waals surface area contributed by atoms with Gasteiger partial charge >= 0.3 is 0 Å². The van der Waals surface area contributed by atoms with Crippen molar-refractivity contribution < 1.29 is 9.18 Å². The van der Waals surface area contributed by atoms with Gasteiger partial charge < -0.3 is 9.88 Å². The lowest BCUT2D eigenvalue weighted by molar-refractivity contribution is -0.116. The van der Waals surface area contributed by atoms with Crippen LogP contribution in [0, 0.1) is 5.82 Å². The van der Waals surface area contributed by atoms with E-state index in [-0.39, 0.29) is 17.6 Å². The predicted octanol–water partition coefficient (Wildman–Crippen LogP) is 2.83. The number of nitrogens with zero attached hydrogens (tertiary/aromatic N) is 2. The molecule has 21 heavy (non-hydrogen) atoms. The smallest absolute Gasteiger partial charge is 0.226 e. The Hall–Kier alpha value is -2.17. The second kappa shape index (κ2) is 4.69. The van der Waals surface area contributed by atoms with Crippen LogP contribution in [0.5, 0.6) is 0 Å². The lowest BCUT2D eigenvalue weighted by Gasteiger charge is -2.24. The Labute approximate surface area is 122 Å². The van der Waals surface area contributed by atoms with Crippen LogP contribution in [0.2, 0.25) is 0 Å². The summed E-state index contributed by atoms with van der Waals surface area (Å²) in [6.07, 6.45) is 3.51. The normalized spacial score (nSPS) is 20.6. The molecule has 0 fully saturated rings. The van der Waals surface area contributed by atoms with Crippen molar-refractivity contribution in [2.75, 3.05) is 5.32 Å². The summed E-state index contributed by atoms with van der Waals surface area (Å²) >= 11 is 0. The number of anilines is 1. The van der Waals surface area contributed by atoms with Crippen molar-refractivity contribution in [3.63, 3.8) is 0 Å². The number of aromatic nitrogens is 2. The molecule has 3 heterocycles. The molecule has 0 aliphatic carbocycles. The molecule has 5 heteroatoms. The third kappa shape index (κ3) is 2.04. The first-order valence-electron chi connectivity index (χ1n) is 7.37. The second-order valence-electron chi connectivity index (χ2n) is 5.73.